The van der Waals surface area contributed by atoms with E-state index in [-0.39, 0.29) is 6.71 Å². The first-order valence-corrected chi connectivity index (χ1v) is 29.9. The van der Waals surface area contributed by atoms with Gasteiger partial charge in [0, 0.05) is 49.2 Å². The Morgan fingerprint density at radius 1 is 0.224 bits per heavy atom. The topological polar surface area (TPSA) is 9.86 Å². The Morgan fingerprint density at radius 2 is 0.659 bits per heavy atom. The number of hydrogen-bond donors (Lipinski definition) is 0. The van der Waals surface area contributed by atoms with Crippen LogP contribution < -0.4 is 16.4 Å². The summed E-state index contributed by atoms with van der Waals surface area (Å²) >= 11 is 0. The highest BCUT2D eigenvalue weighted by Crippen LogP contribution is 2.50. The molecular formula is C82H45BN2. The lowest BCUT2D eigenvalue weighted by Crippen LogP contribution is -2.59. The van der Waals surface area contributed by atoms with Gasteiger partial charge in [0.2, 0.25) is 0 Å². The van der Waals surface area contributed by atoms with Crippen molar-refractivity contribution in [1.82, 2.24) is 9.13 Å². The number of nitrogens with zero attached hydrogens (tertiary/aromatic N) is 2. The molecule has 0 atom stereocenters. The molecule has 0 aliphatic carbocycles. The molecule has 0 spiro atoms. The van der Waals surface area contributed by atoms with Crippen molar-refractivity contribution in [2.75, 3.05) is 0 Å². The van der Waals surface area contributed by atoms with Gasteiger partial charge in [-0.2, -0.15) is 0 Å². The predicted octanol–water partition coefficient (Wildman–Crippen LogP) is 19.9. The van der Waals surface area contributed by atoms with Gasteiger partial charge in [-0.3, -0.25) is 0 Å². The van der Waals surface area contributed by atoms with Crippen LogP contribution in [0.5, 0.6) is 0 Å². The second-order valence-corrected chi connectivity index (χ2v) is 24.1. The maximum Gasteiger partial charge on any atom is 0.252 e. The summed E-state index contributed by atoms with van der Waals surface area (Å²) in [4.78, 5) is 0. The van der Waals surface area contributed by atoms with Gasteiger partial charge in [0.1, 0.15) is 0 Å². The average molecular weight is 1070 g/mol. The van der Waals surface area contributed by atoms with E-state index in [1.54, 1.807) is 0 Å². The van der Waals surface area contributed by atoms with Crippen molar-refractivity contribution in [3.63, 3.8) is 0 Å². The summed E-state index contributed by atoms with van der Waals surface area (Å²) in [6, 6.07) is 104. The van der Waals surface area contributed by atoms with Crippen LogP contribution in [0.15, 0.2) is 273 Å². The number of hydrogen-bond acceptors (Lipinski definition) is 0. The molecule has 2 nitrogen and oxygen atoms in total. The molecule has 0 fully saturated rings. The van der Waals surface area contributed by atoms with E-state index in [2.05, 4.69) is 282 Å². The third kappa shape index (κ3) is 5.57. The highest BCUT2D eigenvalue weighted by molar-refractivity contribution is 7.00. The number of benzene rings is 17. The van der Waals surface area contributed by atoms with E-state index in [1.165, 1.54) is 201 Å². The molecule has 21 rings (SSSR count). The highest BCUT2D eigenvalue weighted by atomic mass is 15.0. The lowest BCUT2D eigenvalue weighted by molar-refractivity contribution is 1.15. The van der Waals surface area contributed by atoms with Crippen LogP contribution >= 0.6 is 0 Å². The van der Waals surface area contributed by atoms with Crippen molar-refractivity contribution in [3.8, 4) is 33.6 Å². The van der Waals surface area contributed by atoms with Gasteiger partial charge in [-0.15, -0.1) is 0 Å². The minimum Gasteiger partial charge on any atom is -0.310 e. The molecule has 386 valence electrons. The second-order valence-electron chi connectivity index (χ2n) is 24.1. The van der Waals surface area contributed by atoms with Crippen molar-refractivity contribution >= 4 is 174 Å². The van der Waals surface area contributed by atoms with Crippen LogP contribution in [0.1, 0.15) is 0 Å². The molecule has 19 aromatic rings. The smallest absolute Gasteiger partial charge is 0.252 e. The quantitative estimate of drug-likeness (QED) is 0.121. The molecular weight excluding hydrogens is 1020 g/mol. The first-order valence-electron chi connectivity index (χ1n) is 29.9. The minimum atomic E-state index is -0.112. The van der Waals surface area contributed by atoms with Gasteiger partial charge in [-0.1, -0.05) is 231 Å². The highest BCUT2D eigenvalue weighted by Gasteiger charge is 2.42. The number of aromatic nitrogens is 2. The van der Waals surface area contributed by atoms with Gasteiger partial charge in [0.15, 0.2) is 0 Å². The van der Waals surface area contributed by atoms with Crippen LogP contribution in [0, 0.1) is 0 Å². The fourth-order valence-corrected chi connectivity index (χ4v) is 16.8. The Balaban J connectivity index is 0.973. The molecule has 0 radical (unpaired) electrons. The Bertz CT molecular complexity index is 6320. The fraction of sp³-hybridized carbons (Fsp3) is 0. The predicted molar refractivity (Wildman–Crippen MR) is 366 cm³/mol. The zero-order valence-electron chi connectivity index (χ0n) is 46.0. The third-order valence-corrected chi connectivity index (χ3v) is 20.1. The van der Waals surface area contributed by atoms with Gasteiger partial charge < -0.3 is 9.13 Å². The van der Waals surface area contributed by atoms with E-state index >= 15 is 0 Å². The lowest BCUT2D eigenvalue weighted by Gasteiger charge is -2.34. The molecule has 4 heterocycles. The van der Waals surface area contributed by atoms with Crippen LogP contribution in [0.25, 0.3) is 185 Å². The normalized spacial score (nSPS) is 12.9. The first-order chi connectivity index (χ1) is 42.2. The Kier molecular flexibility index (Phi) is 8.38. The van der Waals surface area contributed by atoms with E-state index in [1.807, 2.05) is 0 Å². The summed E-state index contributed by atoms with van der Waals surface area (Å²) in [5.74, 6) is 0. The molecule has 2 aliphatic rings. The van der Waals surface area contributed by atoms with Crippen LogP contribution in [0.2, 0.25) is 0 Å². The van der Waals surface area contributed by atoms with Crippen molar-refractivity contribution in [3.05, 3.63) is 273 Å². The maximum absolute atomic E-state index is 2.74. The maximum atomic E-state index is 2.74. The van der Waals surface area contributed by atoms with Gasteiger partial charge >= 0.3 is 0 Å². The average Bonchev–Trinajstić information content (AvgIpc) is 1.95. The first kappa shape index (κ1) is 44.6. The van der Waals surface area contributed by atoms with Crippen LogP contribution in [-0.2, 0) is 0 Å². The van der Waals surface area contributed by atoms with Gasteiger partial charge in [-0.05, 0) is 178 Å². The largest absolute Gasteiger partial charge is 0.310 e. The van der Waals surface area contributed by atoms with E-state index < -0.39 is 0 Å². The summed E-state index contributed by atoms with van der Waals surface area (Å²) in [6.45, 7) is -0.112. The van der Waals surface area contributed by atoms with Crippen molar-refractivity contribution in [1.29, 1.82) is 0 Å². The molecule has 2 aliphatic heterocycles. The van der Waals surface area contributed by atoms with Gasteiger partial charge in [0.25, 0.3) is 6.71 Å². The zero-order valence-corrected chi connectivity index (χ0v) is 46.0. The molecule has 85 heavy (non-hydrogen) atoms. The SMILES string of the molecule is c1cc2c3c(c1)-n1c4c(cc5c6ccccc6c6ccccc6c5c4c4ccc5c6ccccc6c6ccccc6c5c41)B3c1cc(-c3cc4ccccc4c4ccccc34)cc3c4cc(-c5cc6ccccc6c6ccccc56)ccc4n-2c13. The summed E-state index contributed by atoms with van der Waals surface area (Å²) in [6.07, 6.45) is 0. The molecule has 0 bridgehead atoms. The monoisotopic (exact) mass is 1070 g/mol. The summed E-state index contributed by atoms with van der Waals surface area (Å²) in [5.41, 5.74) is 16.5. The Hall–Kier alpha value is -11.0. The van der Waals surface area contributed by atoms with Crippen LogP contribution in [0.4, 0.5) is 0 Å². The molecule has 0 amide bonds. The summed E-state index contributed by atoms with van der Waals surface area (Å²) in [7, 11) is 0. The number of fused-ring (bicyclic) bond motifs is 30. The molecule has 0 N–H and O–H groups in total. The van der Waals surface area contributed by atoms with Crippen LogP contribution in [-0.4, -0.2) is 15.8 Å². The lowest BCUT2D eigenvalue weighted by atomic mass is 9.34. The fourth-order valence-electron chi connectivity index (χ4n) is 16.8. The number of rotatable bonds is 2. The van der Waals surface area contributed by atoms with E-state index in [0.29, 0.717) is 0 Å². The second kappa shape index (κ2) is 16.0. The van der Waals surface area contributed by atoms with Gasteiger partial charge in [-0.25, -0.2) is 0 Å². The Morgan fingerprint density at radius 3 is 1.26 bits per heavy atom. The van der Waals surface area contributed by atoms with E-state index in [0.717, 1.165) is 0 Å². The third-order valence-electron chi connectivity index (χ3n) is 20.1. The van der Waals surface area contributed by atoms with Gasteiger partial charge in [0.05, 0.1) is 16.6 Å². The molecule has 3 heteroatoms. The molecule has 0 saturated carbocycles. The van der Waals surface area contributed by atoms with E-state index in [9.17, 15) is 0 Å². The summed E-state index contributed by atoms with van der Waals surface area (Å²) in [5, 5.41) is 30.7. The standard InChI is InChI=1S/C82H45BN2/c1-3-20-50-46(18-1)40-66(59-29-10-5-22-52(50)59)48-36-39-73-68(42-48)70-43-49(67-41-47-19-2-4-21-51(47)53-23-6-11-30-60(53)67)44-71-80(70)84(73)74-34-17-35-75-79(74)83(71)72-45-69-61-31-12-8-25-55(61)56-26-13-15-32-62(56)76(69)78-65-38-37-64-58-28-9-7-24-54(58)57-27-14-16-33-63(57)77(64)81(65)85(75)82(72)78/h1-45H. The zero-order chi connectivity index (χ0) is 54.9. The van der Waals surface area contributed by atoms with Crippen molar-refractivity contribution in [2.45, 2.75) is 0 Å². The Labute approximate surface area is 487 Å². The minimum absolute atomic E-state index is 0.112. The van der Waals surface area contributed by atoms with Crippen LogP contribution in [0.3, 0.4) is 0 Å². The molecule has 0 saturated heterocycles. The molecule has 0 unspecified atom stereocenters. The van der Waals surface area contributed by atoms with E-state index in [4.69, 9.17) is 0 Å². The molecule has 2 aromatic heterocycles. The van der Waals surface area contributed by atoms with Crippen molar-refractivity contribution < 1.29 is 0 Å². The van der Waals surface area contributed by atoms with Crippen molar-refractivity contribution in [2.24, 2.45) is 0 Å². The summed E-state index contributed by atoms with van der Waals surface area (Å²) < 4.78 is 5.39. The molecule has 17 aromatic carbocycles.